The number of hydrogen-bond acceptors (Lipinski definition) is 6. The minimum Gasteiger partial charge on any atom is -0.361 e. The Bertz CT molecular complexity index is 1750. The first kappa shape index (κ1) is 28.5. The summed E-state index contributed by atoms with van der Waals surface area (Å²) in [4.78, 5) is 51.2. The van der Waals surface area contributed by atoms with Crippen LogP contribution in [0.25, 0.3) is 16.5 Å². The first-order valence-electron chi connectivity index (χ1n) is 16.1. The van der Waals surface area contributed by atoms with E-state index in [2.05, 4.69) is 33.5 Å². The quantitative estimate of drug-likeness (QED) is 0.410. The van der Waals surface area contributed by atoms with E-state index in [9.17, 15) is 19.5 Å². The maximum absolute atomic E-state index is 14.6. The summed E-state index contributed by atoms with van der Waals surface area (Å²) in [6, 6.07) is 14.2. The van der Waals surface area contributed by atoms with E-state index in [1.54, 1.807) is 18.7 Å². The van der Waals surface area contributed by atoms with Crippen LogP contribution in [-0.4, -0.2) is 92.4 Å². The monoisotopic (exact) mass is 609 g/mol. The van der Waals surface area contributed by atoms with Gasteiger partial charge in [-0.3, -0.25) is 28.9 Å². The Morgan fingerprint density at radius 2 is 1.96 bits per heavy atom. The van der Waals surface area contributed by atoms with Crippen molar-refractivity contribution in [2.45, 2.75) is 69.3 Å². The van der Waals surface area contributed by atoms with Crippen LogP contribution in [0.2, 0.25) is 0 Å². The van der Waals surface area contributed by atoms with Gasteiger partial charge in [0.15, 0.2) is 0 Å². The molecule has 1 aliphatic carbocycles. The van der Waals surface area contributed by atoms with Crippen LogP contribution in [-0.2, 0) is 32.0 Å². The number of carbonyl (C=O) groups excluding carboxylic acids is 3. The molecule has 3 fully saturated rings. The maximum Gasteiger partial charge on any atom is 0.281 e. The number of benzene rings is 2. The number of ether oxygens (including phenoxy) is 1. The average Bonchev–Trinajstić information content (AvgIpc) is 3.74. The molecule has 2 aromatic carbocycles. The molecule has 3 aromatic rings. The topological polar surface area (TPSA) is 118 Å². The third kappa shape index (κ3) is 4.01. The summed E-state index contributed by atoms with van der Waals surface area (Å²) in [6.45, 7) is 4.56. The van der Waals surface area contributed by atoms with Crippen molar-refractivity contribution in [1.29, 1.82) is 0 Å². The smallest absolute Gasteiger partial charge is 0.281 e. The summed E-state index contributed by atoms with van der Waals surface area (Å²) < 4.78 is 6.49. The fourth-order valence-corrected chi connectivity index (χ4v) is 8.47. The fourth-order valence-electron chi connectivity index (χ4n) is 8.47. The van der Waals surface area contributed by atoms with Crippen LogP contribution in [0.15, 0.2) is 60.8 Å². The van der Waals surface area contributed by atoms with Gasteiger partial charge < -0.3 is 20.3 Å². The summed E-state index contributed by atoms with van der Waals surface area (Å²) in [6.07, 6.45) is 6.40. The first-order chi connectivity index (χ1) is 21.6. The van der Waals surface area contributed by atoms with E-state index in [-0.39, 0.29) is 24.3 Å². The van der Waals surface area contributed by atoms with Crippen molar-refractivity contribution in [1.82, 2.24) is 25.0 Å². The summed E-state index contributed by atoms with van der Waals surface area (Å²) in [5.74, 6) is -4.27. The minimum absolute atomic E-state index is 0.138. The molecule has 3 amide bonds. The fraction of sp³-hybridized carbons (Fsp3) is 0.457. The SMILES string of the molecule is CC(C)[C@]1(NC(=O)[C@@H]2C=C3c4cccc5[nH]cc(c45)C[C@H]3N(C)C2)O[C@@]2(O)[C@@H]3CCCN3C(=O)[C@H](Cc3ccccc3)N2C1=O. The minimum atomic E-state index is -2.06. The van der Waals surface area contributed by atoms with Gasteiger partial charge in [-0.1, -0.05) is 62.4 Å². The molecule has 3 saturated heterocycles. The van der Waals surface area contributed by atoms with Crippen molar-refractivity contribution in [3.8, 4) is 0 Å². The van der Waals surface area contributed by atoms with Crippen molar-refractivity contribution >= 4 is 34.2 Å². The van der Waals surface area contributed by atoms with Gasteiger partial charge in [0.2, 0.25) is 17.5 Å². The number of H-pyrrole nitrogens is 1. The highest BCUT2D eigenvalue weighted by Gasteiger charge is 2.72. The van der Waals surface area contributed by atoms with Crippen LogP contribution >= 0.6 is 0 Å². The van der Waals surface area contributed by atoms with E-state index < -0.39 is 41.5 Å². The van der Waals surface area contributed by atoms with Gasteiger partial charge in [0, 0.05) is 48.6 Å². The molecule has 6 atom stereocenters. The van der Waals surface area contributed by atoms with E-state index in [4.69, 9.17) is 4.74 Å². The third-order valence-electron chi connectivity index (χ3n) is 10.8. The van der Waals surface area contributed by atoms with Gasteiger partial charge in [-0.15, -0.1) is 0 Å². The van der Waals surface area contributed by atoms with Crippen molar-refractivity contribution < 1.29 is 24.2 Å². The number of carbonyl (C=O) groups is 3. The molecule has 234 valence electrons. The normalized spacial score (nSPS) is 32.5. The number of amides is 3. The van der Waals surface area contributed by atoms with Gasteiger partial charge in [0.05, 0.1) is 5.92 Å². The standard InChI is InChI=1S/C35H39N5O5/c1-20(2)34(37-31(41)23-16-25-24-11-7-12-26-30(24)22(18-36-26)17-27(25)38(3)19-23)33(43)40-28(15-21-9-5-4-6-10-21)32(42)39-14-8-13-29(39)35(40,44)45-34/h4-7,9-12,16,18,20,23,27-29,36,44H,8,13-15,17,19H2,1-3H3,(H,37,41)/t23-,27-,28+,29+,34+,35+/m1/s1. The Morgan fingerprint density at radius 1 is 1.16 bits per heavy atom. The second-order valence-corrected chi connectivity index (χ2v) is 13.6. The van der Waals surface area contributed by atoms with Gasteiger partial charge in [-0.05, 0) is 54.6 Å². The van der Waals surface area contributed by atoms with Crippen molar-refractivity contribution in [2.75, 3.05) is 20.1 Å². The molecule has 10 heteroatoms. The average molecular weight is 610 g/mol. The summed E-state index contributed by atoms with van der Waals surface area (Å²) in [5, 5.41) is 16.5. The second-order valence-electron chi connectivity index (χ2n) is 13.6. The first-order valence-corrected chi connectivity index (χ1v) is 16.1. The van der Waals surface area contributed by atoms with Crippen molar-refractivity contribution in [2.24, 2.45) is 11.8 Å². The highest BCUT2D eigenvalue weighted by molar-refractivity contribution is 6.01. The number of nitrogens with zero attached hydrogens (tertiary/aromatic N) is 3. The van der Waals surface area contributed by atoms with Crippen LogP contribution in [0.1, 0.15) is 43.4 Å². The Balaban J connectivity index is 1.15. The molecule has 10 nitrogen and oxygen atoms in total. The van der Waals surface area contributed by atoms with E-state index in [0.29, 0.717) is 25.9 Å². The number of piperazine rings is 1. The highest BCUT2D eigenvalue weighted by Crippen LogP contribution is 2.48. The number of nitrogens with one attached hydrogen (secondary N) is 2. The van der Waals surface area contributed by atoms with Crippen LogP contribution in [0, 0.1) is 11.8 Å². The molecular formula is C35H39N5O5. The second kappa shape index (κ2) is 10.0. The Morgan fingerprint density at radius 3 is 2.73 bits per heavy atom. The molecule has 3 N–H and O–H groups in total. The van der Waals surface area contributed by atoms with Gasteiger partial charge in [0.1, 0.15) is 12.1 Å². The van der Waals surface area contributed by atoms with Gasteiger partial charge in [-0.2, -0.15) is 0 Å². The molecule has 5 heterocycles. The summed E-state index contributed by atoms with van der Waals surface area (Å²) in [5.41, 5.74) is 3.59. The number of aromatic amines is 1. The summed E-state index contributed by atoms with van der Waals surface area (Å²) in [7, 11) is 2.03. The molecule has 0 bridgehead atoms. The van der Waals surface area contributed by atoms with Crippen LogP contribution < -0.4 is 5.32 Å². The Kier molecular flexibility index (Phi) is 6.33. The lowest BCUT2D eigenvalue weighted by Crippen LogP contribution is -2.71. The molecule has 1 aromatic heterocycles. The van der Waals surface area contributed by atoms with E-state index in [0.717, 1.165) is 28.6 Å². The molecule has 4 aliphatic heterocycles. The Labute approximate surface area is 262 Å². The van der Waals surface area contributed by atoms with E-state index >= 15 is 0 Å². The molecule has 8 rings (SSSR count). The largest absolute Gasteiger partial charge is 0.361 e. The molecule has 0 unspecified atom stereocenters. The van der Waals surface area contributed by atoms with Gasteiger partial charge >= 0.3 is 0 Å². The van der Waals surface area contributed by atoms with Gasteiger partial charge in [-0.25, -0.2) is 0 Å². The zero-order valence-electron chi connectivity index (χ0n) is 25.8. The molecular weight excluding hydrogens is 570 g/mol. The molecule has 45 heavy (non-hydrogen) atoms. The van der Waals surface area contributed by atoms with Gasteiger partial charge in [0.25, 0.3) is 11.8 Å². The predicted octanol–water partition coefficient (Wildman–Crippen LogP) is 2.63. The zero-order valence-corrected chi connectivity index (χ0v) is 25.8. The number of likely N-dealkylation sites (N-methyl/N-ethyl adjacent to an activating group) is 1. The van der Waals surface area contributed by atoms with Crippen LogP contribution in [0.5, 0.6) is 0 Å². The van der Waals surface area contributed by atoms with E-state index in [1.807, 2.05) is 49.5 Å². The molecule has 0 saturated carbocycles. The maximum atomic E-state index is 14.6. The Hall–Kier alpha value is -3.99. The lowest BCUT2D eigenvalue weighted by atomic mass is 9.79. The number of aliphatic hydroxyl groups is 1. The van der Waals surface area contributed by atoms with Crippen molar-refractivity contribution in [3.63, 3.8) is 0 Å². The molecule has 5 aliphatic rings. The van der Waals surface area contributed by atoms with Crippen LogP contribution in [0.3, 0.4) is 0 Å². The number of hydrogen-bond donors (Lipinski definition) is 3. The predicted molar refractivity (Wildman–Crippen MR) is 167 cm³/mol. The number of rotatable bonds is 5. The number of aromatic nitrogens is 1. The lowest BCUT2D eigenvalue weighted by molar-refractivity contribution is -0.321. The lowest BCUT2D eigenvalue weighted by Gasteiger charge is -2.48. The number of fused-ring (bicyclic) bond motifs is 5. The van der Waals surface area contributed by atoms with Crippen molar-refractivity contribution in [3.05, 3.63) is 77.5 Å². The zero-order chi connectivity index (χ0) is 31.2. The third-order valence-corrected chi connectivity index (χ3v) is 10.8. The summed E-state index contributed by atoms with van der Waals surface area (Å²) >= 11 is 0. The molecule has 0 radical (unpaired) electrons. The highest BCUT2D eigenvalue weighted by atomic mass is 16.7. The van der Waals surface area contributed by atoms with E-state index in [1.165, 1.54) is 15.8 Å². The molecule has 0 spiro atoms. The van der Waals surface area contributed by atoms with Crippen LogP contribution in [0.4, 0.5) is 0 Å².